The van der Waals surface area contributed by atoms with E-state index in [-0.39, 0.29) is 23.6 Å². The molecule has 1 aromatic carbocycles. The lowest BCUT2D eigenvalue weighted by atomic mass is 10.1. The number of aliphatic hydroxyl groups excluding tert-OH is 1. The molecule has 0 aliphatic heterocycles. The molecule has 4 N–H and O–H groups in total. The van der Waals surface area contributed by atoms with Crippen LogP contribution in [0.3, 0.4) is 0 Å². The lowest BCUT2D eigenvalue weighted by molar-refractivity contribution is 0.0900. The normalized spacial score (nSPS) is 16.5. The molecule has 5 heteroatoms. The van der Waals surface area contributed by atoms with Gasteiger partial charge in [0.05, 0.1) is 6.10 Å². The highest BCUT2D eigenvalue weighted by Gasteiger charge is 2.29. The van der Waals surface area contributed by atoms with E-state index in [1.807, 2.05) is 0 Å². The summed E-state index contributed by atoms with van der Waals surface area (Å²) >= 11 is 0. The first kappa shape index (κ1) is 11.7. The van der Waals surface area contributed by atoms with Crippen molar-refractivity contribution < 1.29 is 20.1 Å². The average molecular weight is 237 g/mol. The largest absolute Gasteiger partial charge is 0.508 e. The highest BCUT2D eigenvalue weighted by Crippen LogP contribution is 2.32. The molecule has 0 bridgehead atoms. The van der Waals surface area contributed by atoms with Crippen LogP contribution in [0.5, 0.6) is 11.5 Å². The number of rotatable bonds is 4. The number of hydrogen-bond donors (Lipinski definition) is 4. The molecule has 1 saturated carbocycles. The third-order valence-corrected chi connectivity index (χ3v) is 2.80. The fourth-order valence-electron chi connectivity index (χ4n) is 1.67. The monoisotopic (exact) mass is 237 g/mol. The van der Waals surface area contributed by atoms with Crippen LogP contribution in [0.4, 0.5) is 0 Å². The third kappa shape index (κ3) is 3.10. The highest BCUT2D eigenvalue weighted by atomic mass is 16.3. The van der Waals surface area contributed by atoms with Crippen LogP contribution in [-0.2, 0) is 0 Å². The maximum Gasteiger partial charge on any atom is 0.251 e. The molecule has 1 aliphatic carbocycles. The number of aliphatic hydroxyl groups is 1. The predicted octanol–water partition coefficient (Wildman–Crippen LogP) is 0.598. The van der Waals surface area contributed by atoms with Gasteiger partial charge in [-0.2, -0.15) is 0 Å². The van der Waals surface area contributed by atoms with Crippen LogP contribution in [0.15, 0.2) is 18.2 Å². The van der Waals surface area contributed by atoms with Gasteiger partial charge >= 0.3 is 0 Å². The summed E-state index contributed by atoms with van der Waals surface area (Å²) in [6.07, 6.45) is 1.50. The first-order valence-electron chi connectivity index (χ1n) is 5.55. The van der Waals surface area contributed by atoms with E-state index in [0.717, 1.165) is 18.9 Å². The summed E-state index contributed by atoms with van der Waals surface area (Å²) < 4.78 is 0. The standard InChI is InChI=1S/C12H15NO4/c14-9-3-8(4-10(15)5-9)12(17)13-6-11(16)7-1-2-7/h3-5,7,11,14-16H,1-2,6H2,(H,13,17). The van der Waals surface area contributed by atoms with Crippen molar-refractivity contribution in [2.45, 2.75) is 18.9 Å². The van der Waals surface area contributed by atoms with E-state index in [1.165, 1.54) is 12.1 Å². The van der Waals surface area contributed by atoms with Crippen molar-refractivity contribution in [1.82, 2.24) is 5.32 Å². The van der Waals surface area contributed by atoms with E-state index in [0.29, 0.717) is 5.92 Å². The van der Waals surface area contributed by atoms with Crippen molar-refractivity contribution in [3.05, 3.63) is 23.8 Å². The lowest BCUT2D eigenvalue weighted by Gasteiger charge is -2.10. The maximum absolute atomic E-state index is 11.7. The van der Waals surface area contributed by atoms with Crippen LogP contribution >= 0.6 is 0 Å². The van der Waals surface area contributed by atoms with Gasteiger partial charge in [0.2, 0.25) is 0 Å². The van der Waals surface area contributed by atoms with Gasteiger partial charge in [-0.15, -0.1) is 0 Å². The zero-order valence-corrected chi connectivity index (χ0v) is 9.26. The quantitative estimate of drug-likeness (QED) is 0.617. The Morgan fingerprint density at radius 1 is 1.29 bits per heavy atom. The minimum atomic E-state index is -0.509. The second kappa shape index (κ2) is 4.63. The number of aromatic hydroxyl groups is 2. The molecule has 0 radical (unpaired) electrons. The Balaban J connectivity index is 1.94. The van der Waals surface area contributed by atoms with Crippen LogP contribution < -0.4 is 5.32 Å². The minimum absolute atomic E-state index is 0.169. The smallest absolute Gasteiger partial charge is 0.251 e. The molecule has 0 saturated heterocycles. The second-order valence-corrected chi connectivity index (χ2v) is 4.35. The molecule has 5 nitrogen and oxygen atoms in total. The van der Waals surface area contributed by atoms with Gasteiger partial charge in [-0.1, -0.05) is 0 Å². The van der Waals surface area contributed by atoms with Crippen molar-refractivity contribution in [3.63, 3.8) is 0 Å². The molecular formula is C12H15NO4. The van der Waals surface area contributed by atoms with E-state index in [9.17, 15) is 20.1 Å². The zero-order valence-electron chi connectivity index (χ0n) is 9.26. The molecule has 2 rings (SSSR count). The van der Waals surface area contributed by atoms with Crippen LogP contribution in [0.2, 0.25) is 0 Å². The average Bonchev–Trinajstić information content (AvgIpc) is 3.07. The second-order valence-electron chi connectivity index (χ2n) is 4.35. The maximum atomic E-state index is 11.7. The molecular weight excluding hydrogens is 222 g/mol. The topological polar surface area (TPSA) is 89.8 Å². The summed E-state index contributed by atoms with van der Waals surface area (Å²) in [5, 5.41) is 30.6. The zero-order chi connectivity index (χ0) is 12.4. The van der Waals surface area contributed by atoms with Crippen molar-refractivity contribution in [3.8, 4) is 11.5 Å². The molecule has 1 amide bonds. The number of carbonyl (C=O) groups is 1. The number of hydrogen-bond acceptors (Lipinski definition) is 4. The van der Waals surface area contributed by atoms with E-state index in [4.69, 9.17) is 0 Å². The molecule has 1 fully saturated rings. The molecule has 17 heavy (non-hydrogen) atoms. The van der Waals surface area contributed by atoms with Gasteiger partial charge < -0.3 is 20.6 Å². The Morgan fingerprint density at radius 3 is 2.41 bits per heavy atom. The molecule has 1 aliphatic rings. The fraction of sp³-hybridized carbons (Fsp3) is 0.417. The third-order valence-electron chi connectivity index (χ3n) is 2.80. The van der Waals surface area contributed by atoms with Gasteiger partial charge in [-0.05, 0) is 30.9 Å². The highest BCUT2D eigenvalue weighted by molar-refractivity contribution is 5.95. The number of benzene rings is 1. The summed E-state index contributed by atoms with van der Waals surface area (Å²) in [6, 6.07) is 3.67. The Hall–Kier alpha value is -1.75. The Kier molecular flexibility index (Phi) is 3.19. The number of phenols is 2. The van der Waals surface area contributed by atoms with Gasteiger partial charge in [0.15, 0.2) is 0 Å². The van der Waals surface area contributed by atoms with Gasteiger partial charge in [-0.3, -0.25) is 4.79 Å². The van der Waals surface area contributed by atoms with E-state index in [1.54, 1.807) is 0 Å². The molecule has 1 aromatic rings. The molecule has 1 unspecified atom stereocenters. The SMILES string of the molecule is O=C(NCC(O)C1CC1)c1cc(O)cc(O)c1. The number of phenolic OH excluding ortho intramolecular Hbond substituents is 2. The minimum Gasteiger partial charge on any atom is -0.508 e. The Labute approximate surface area is 98.7 Å². The summed E-state index contributed by atoms with van der Waals surface area (Å²) in [5.41, 5.74) is 0.172. The van der Waals surface area contributed by atoms with Crippen LogP contribution in [0.25, 0.3) is 0 Å². The van der Waals surface area contributed by atoms with Gasteiger partial charge in [0.1, 0.15) is 11.5 Å². The summed E-state index contributed by atoms with van der Waals surface area (Å²) in [6.45, 7) is 0.194. The van der Waals surface area contributed by atoms with Crippen molar-refractivity contribution >= 4 is 5.91 Å². The molecule has 0 heterocycles. The molecule has 1 atom stereocenters. The first-order valence-corrected chi connectivity index (χ1v) is 5.55. The van der Waals surface area contributed by atoms with Crippen molar-refractivity contribution in [2.24, 2.45) is 5.92 Å². The number of carbonyl (C=O) groups excluding carboxylic acids is 1. The first-order chi connectivity index (χ1) is 8.06. The summed E-state index contributed by atoms with van der Waals surface area (Å²) in [4.78, 5) is 11.7. The fourth-order valence-corrected chi connectivity index (χ4v) is 1.67. The van der Waals surface area contributed by atoms with E-state index in [2.05, 4.69) is 5.32 Å². The van der Waals surface area contributed by atoms with E-state index >= 15 is 0 Å². The van der Waals surface area contributed by atoms with Crippen molar-refractivity contribution in [1.29, 1.82) is 0 Å². The molecule has 0 spiro atoms. The van der Waals surface area contributed by atoms with Gasteiger partial charge in [-0.25, -0.2) is 0 Å². The summed E-state index contributed by atoms with van der Waals surface area (Å²) in [5.74, 6) is -0.459. The van der Waals surface area contributed by atoms with Crippen LogP contribution in [0, 0.1) is 5.92 Å². The Bertz CT molecular complexity index is 408. The van der Waals surface area contributed by atoms with Gasteiger partial charge in [0, 0.05) is 18.2 Å². The van der Waals surface area contributed by atoms with E-state index < -0.39 is 12.0 Å². The van der Waals surface area contributed by atoms with Gasteiger partial charge in [0.25, 0.3) is 5.91 Å². The molecule has 0 aromatic heterocycles. The Morgan fingerprint density at radius 2 is 1.88 bits per heavy atom. The lowest BCUT2D eigenvalue weighted by Crippen LogP contribution is -2.33. The predicted molar refractivity (Wildman–Crippen MR) is 60.8 cm³/mol. The number of nitrogens with one attached hydrogen (secondary N) is 1. The molecule has 92 valence electrons. The van der Waals surface area contributed by atoms with Crippen LogP contribution in [-0.4, -0.2) is 33.9 Å². The van der Waals surface area contributed by atoms with Crippen molar-refractivity contribution in [2.75, 3.05) is 6.54 Å². The number of amides is 1. The summed E-state index contributed by atoms with van der Waals surface area (Å²) in [7, 11) is 0. The van der Waals surface area contributed by atoms with Crippen LogP contribution in [0.1, 0.15) is 23.2 Å².